The topological polar surface area (TPSA) is 82.1 Å². The molecule has 7 nitrogen and oxygen atoms in total. The summed E-state index contributed by atoms with van der Waals surface area (Å²) in [7, 11) is 2.06. The molecule has 0 spiro atoms. The van der Waals surface area contributed by atoms with Gasteiger partial charge >= 0.3 is 0 Å². The van der Waals surface area contributed by atoms with E-state index >= 15 is 0 Å². The van der Waals surface area contributed by atoms with E-state index in [1.54, 1.807) is 6.21 Å². The van der Waals surface area contributed by atoms with Gasteiger partial charge in [-0.2, -0.15) is 10.3 Å². The van der Waals surface area contributed by atoms with Crippen LogP contribution in [0, 0.1) is 0 Å². The third-order valence-corrected chi connectivity index (χ3v) is 2.53. The maximum Gasteiger partial charge on any atom is 0.283 e. The number of hydrazone groups is 1. The molecule has 7 heteroatoms. The molecule has 0 saturated heterocycles. The van der Waals surface area contributed by atoms with Gasteiger partial charge in [0.1, 0.15) is 0 Å². The average Bonchev–Trinajstić information content (AvgIpc) is 2.92. The number of nitrogens with one attached hydrogen (secondary N) is 2. The van der Waals surface area contributed by atoms with Crippen molar-refractivity contribution in [1.29, 1.82) is 0 Å². The Morgan fingerprint density at radius 3 is 2.78 bits per heavy atom. The van der Waals surface area contributed by atoms with Gasteiger partial charge in [-0.15, -0.1) is 5.10 Å². The number of nitrogens with zero attached hydrogens (tertiary/aromatic N) is 5. The number of anilines is 2. The van der Waals surface area contributed by atoms with Gasteiger partial charge < -0.3 is 4.90 Å². The smallest absolute Gasteiger partial charge is 0.283 e. The molecule has 2 N–H and O–H groups in total. The molecule has 0 fully saturated rings. The third kappa shape index (κ3) is 3.03. The minimum absolute atomic E-state index is 0.341. The molecule has 0 atom stereocenters. The highest BCUT2D eigenvalue weighted by atomic mass is 15.5. The Hall–Kier alpha value is -2.44. The molecule has 0 aliphatic carbocycles. The minimum Gasteiger partial charge on any atom is -0.375 e. The number of H-pyrrole nitrogens is 1. The Labute approximate surface area is 105 Å². The van der Waals surface area contributed by atoms with Crippen molar-refractivity contribution in [2.45, 2.75) is 6.92 Å². The summed E-state index contributed by atoms with van der Waals surface area (Å²) in [4.78, 5) is 2.17. The van der Waals surface area contributed by atoms with Gasteiger partial charge in [-0.3, -0.25) is 0 Å². The lowest BCUT2D eigenvalue weighted by molar-refractivity contribution is 0.881. The molecule has 0 amide bonds. The number of benzene rings is 1. The summed E-state index contributed by atoms with van der Waals surface area (Å²) in [6.45, 7) is 3.09. The highest BCUT2D eigenvalue weighted by Gasteiger charge is 1.97. The molecule has 0 saturated carbocycles. The number of aromatic nitrogens is 4. The van der Waals surface area contributed by atoms with Gasteiger partial charge in [0.25, 0.3) is 5.95 Å². The van der Waals surface area contributed by atoms with E-state index in [9.17, 15) is 0 Å². The summed E-state index contributed by atoms with van der Waals surface area (Å²) in [5, 5.41) is 17.2. The molecule has 1 aromatic heterocycles. The second kappa shape index (κ2) is 5.76. The molecular formula is C11H15N7. The van der Waals surface area contributed by atoms with Crippen LogP contribution >= 0.6 is 0 Å². The Balaban J connectivity index is 1.95. The van der Waals surface area contributed by atoms with Crippen LogP contribution in [-0.2, 0) is 0 Å². The lowest BCUT2D eigenvalue weighted by atomic mass is 10.2. The number of rotatable bonds is 5. The van der Waals surface area contributed by atoms with E-state index in [-0.39, 0.29) is 0 Å². The van der Waals surface area contributed by atoms with Crippen molar-refractivity contribution in [2.75, 3.05) is 23.9 Å². The first-order valence-corrected chi connectivity index (χ1v) is 5.63. The number of hydrogen-bond acceptors (Lipinski definition) is 6. The van der Waals surface area contributed by atoms with E-state index < -0.39 is 0 Å². The Kier molecular flexibility index (Phi) is 3.85. The predicted molar refractivity (Wildman–Crippen MR) is 70.8 cm³/mol. The van der Waals surface area contributed by atoms with E-state index in [4.69, 9.17) is 0 Å². The summed E-state index contributed by atoms with van der Waals surface area (Å²) in [5.74, 6) is 0.341. The third-order valence-electron chi connectivity index (χ3n) is 2.53. The Morgan fingerprint density at radius 1 is 1.39 bits per heavy atom. The fourth-order valence-electron chi connectivity index (χ4n) is 1.37. The van der Waals surface area contributed by atoms with Crippen molar-refractivity contribution in [3.63, 3.8) is 0 Å². The summed E-state index contributed by atoms with van der Waals surface area (Å²) < 4.78 is 0. The van der Waals surface area contributed by atoms with Gasteiger partial charge in [0.05, 0.1) is 6.21 Å². The van der Waals surface area contributed by atoms with Gasteiger partial charge in [0.2, 0.25) is 0 Å². The maximum absolute atomic E-state index is 4.01. The van der Waals surface area contributed by atoms with Crippen LogP contribution in [0.1, 0.15) is 12.5 Å². The van der Waals surface area contributed by atoms with Gasteiger partial charge in [0.15, 0.2) is 0 Å². The normalized spacial score (nSPS) is 10.8. The second-order valence-corrected chi connectivity index (χ2v) is 3.71. The molecule has 94 valence electrons. The molecule has 0 aliphatic heterocycles. The van der Waals surface area contributed by atoms with Crippen molar-refractivity contribution in [2.24, 2.45) is 5.10 Å². The molecule has 0 aliphatic rings. The van der Waals surface area contributed by atoms with E-state index in [2.05, 4.69) is 62.2 Å². The van der Waals surface area contributed by atoms with Crippen molar-refractivity contribution in [1.82, 2.24) is 20.6 Å². The first-order valence-electron chi connectivity index (χ1n) is 5.63. The summed E-state index contributed by atoms with van der Waals surface area (Å²) in [5.41, 5.74) is 4.85. The van der Waals surface area contributed by atoms with Crippen molar-refractivity contribution < 1.29 is 0 Å². The van der Waals surface area contributed by atoms with Crippen LogP contribution in [0.5, 0.6) is 0 Å². The summed E-state index contributed by atoms with van der Waals surface area (Å²) >= 11 is 0. The Bertz CT molecular complexity index is 489. The fourth-order valence-corrected chi connectivity index (χ4v) is 1.37. The van der Waals surface area contributed by atoms with Gasteiger partial charge in [-0.1, -0.05) is 17.2 Å². The lowest BCUT2D eigenvalue weighted by Gasteiger charge is -2.16. The highest BCUT2D eigenvalue weighted by Crippen LogP contribution is 2.12. The monoisotopic (exact) mass is 245 g/mol. The Morgan fingerprint density at radius 2 is 2.17 bits per heavy atom. The van der Waals surface area contributed by atoms with E-state index in [1.807, 2.05) is 12.1 Å². The predicted octanol–water partition coefficient (Wildman–Crippen LogP) is 1.10. The van der Waals surface area contributed by atoms with Crippen molar-refractivity contribution in [3.05, 3.63) is 29.8 Å². The van der Waals surface area contributed by atoms with E-state index in [0.717, 1.165) is 12.1 Å². The zero-order valence-corrected chi connectivity index (χ0v) is 10.3. The maximum atomic E-state index is 4.01. The number of tetrazole rings is 1. The minimum atomic E-state index is 0.341. The second-order valence-electron chi connectivity index (χ2n) is 3.71. The standard InChI is InChI=1S/C11H15N7/c1-3-18(2)10-6-4-9(5-7-10)8-12-13-11-14-16-17-15-11/h4-8H,3H2,1-2H3,(H2,13,14,15,16,17)/b12-8+. The molecule has 2 aromatic rings. The molecule has 0 radical (unpaired) electrons. The van der Waals surface area contributed by atoms with Crippen LogP contribution in [0.2, 0.25) is 0 Å². The van der Waals surface area contributed by atoms with Gasteiger partial charge in [-0.25, -0.2) is 5.43 Å². The SMILES string of the molecule is CCN(C)c1ccc(/C=N/Nc2nn[nH]n2)cc1. The van der Waals surface area contributed by atoms with Crippen LogP contribution in [0.15, 0.2) is 29.4 Å². The van der Waals surface area contributed by atoms with Gasteiger partial charge in [0, 0.05) is 19.3 Å². The number of hydrogen-bond donors (Lipinski definition) is 2. The quantitative estimate of drug-likeness (QED) is 0.609. The van der Waals surface area contributed by atoms with Crippen LogP contribution in [-0.4, -0.2) is 40.4 Å². The van der Waals surface area contributed by atoms with Crippen LogP contribution < -0.4 is 10.3 Å². The fraction of sp³-hybridized carbons (Fsp3) is 0.273. The summed E-state index contributed by atoms with van der Waals surface area (Å²) in [6.07, 6.45) is 1.70. The zero-order valence-electron chi connectivity index (χ0n) is 10.3. The van der Waals surface area contributed by atoms with Gasteiger partial charge in [-0.05, 0) is 29.8 Å². The molecular weight excluding hydrogens is 230 g/mol. The molecule has 1 aromatic carbocycles. The van der Waals surface area contributed by atoms with Crippen LogP contribution in [0.4, 0.5) is 11.6 Å². The molecule has 0 unspecified atom stereocenters. The molecule has 18 heavy (non-hydrogen) atoms. The van der Waals surface area contributed by atoms with Crippen molar-refractivity contribution in [3.8, 4) is 0 Å². The first kappa shape index (κ1) is 12.0. The number of aromatic amines is 1. The largest absolute Gasteiger partial charge is 0.375 e. The van der Waals surface area contributed by atoms with E-state index in [0.29, 0.717) is 5.95 Å². The summed E-state index contributed by atoms with van der Waals surface area (Å²) in [6, 6.07) is 8.12. The average molecular weight is 245 g/mol. The molecule has 0 bridgehead atoms. The first-order chi connectivity index (χ1) is 8.79. The van der Waals surface area contributed by atoms with Crippen LogP contribution in [0.25, 0.3) is 0 Å². The lowest BCUT2D eigenvalue weighted by Crippen LogP contribution is -2.15. The van der Waals surface area contributed by atoms with Crippen LogP contribution in [0.3, 0.4) is 0 Å². The van der Waals surface area contributed by atoms with E-state index in [1.165, 1.54) is 5.69 Å². The molecule has 2 rings (SSSR count). The van der Waals surface area contributed by atoms with Crippen molar-refractivity contribution >= 4 is 17.9 Å². The zero-order chi connectivity index (χ0) is 12.8. The molecule has 1 heterocycles. The highest BCUT2D eigenvalue weighted by molar-refractivity contribution is 5.80.